The van der Waals surface area contributed by atoms with E-state index in [1.807, 2.05) is 19.1 Å². The van der Waals surface area contributed by atoms with Crippen LogP contribution in [-0.4, -0.2) is 76.9 Å². The lowest BCUT2D eigenvalue weighted by Gasteiger charge is -2.29. The highest BCUT2D eigenvalue weighted by Crippen LogP contribution is 2.34. The first kappa shape index (κ1) is 27.7. The molecule has 2 aromatic carbocycles. The number of benzene rings is 2. The highest BCUT2D eigenvalue weighted by Gasteiger charge is 2.31. The molecule has 10 nitrogen and oxygen atoms in total. The summed E-state index contributed by atoms with van der Waals surface area (Å²) >= 11 is 0. The van der Waals surface area contributed by atoms with Gasteiger partial charge < -0.3 is 19.8 Å². The molecule has 0 bridgehead atoms. The average molecular weight is 552 g/mol. The first-order chi connectivity index (χ1) is 19.9. The zero-order chi connectivity index (χ0) is 28.9. The number of rotatable bonds is 8. The standard InChI is InChI=1S/C31H33N7O3/c1-5-38-30(34-19-33-25-9-6-21(7-10-25)22-12-14-37(4)15-13-22)24(18-32-3)16-27(31(38)40)26-11-8-23(17-28(26)39)29-35-20(2)41-36-29/h6-12,16-18,33,39H,3,5,13-15,19H2,1-2,4H3/b24-18-,34-30+. The maximum absolute atomic E-state index is 13.6. The van der Waals surface area contributed by atoms with Gasteiger partial charge in [-0.1, -0.05) is 29.4 Å². The van der Waals surface area contributed by atoms with Crippen LogP contribution in [0.25, 0.3) is 22.5 Å². The molecule has 0 unspecified atom stereocenters. The second kappa shape index (κ2) is 12.1. The fourth-order valence-electron chi connectivity index (χ4n) is 4.89. The molecule has 2 aliphatic heterocycles. The lowest BCUT2D eigenvalue weighted by atomic mass is 9.95. The molecule has 0 atom stereocenters. The number of phenolic OH excluding ortho intramolecular Hbond substituents is 1. The predicted octanol–water partition coefficient (Wildman–Crippen LogP) is 4.77. The molecule has 0 aliphatic carbocycles. The number of hydrogen-bond acceptors (Lipinski definition) is 9. The number of nitrogens with zero attached hydrogens (tertiary/aromatic N) is 6. The van der Waals surface area contributed by atoms with E-state index in [1.165, 1.54) is 17.2 Å². The summed E-state index contributed by atoms with van der Waals surface area (Å²) in [7, 11) is 2.13. The normalized spacial score (nSPS) is 18.0. The maximum Gasteiger partial charge on any atom is 0.260 e. The van der Waals surface area contributed by atoms with Gasteiger partial charge in [0.1, 0.15) is 18.3 Å². The highest BCUT2D eigenvalue weighted by molar-refractivity contribution is 6.31. The van der Waals surface area contributed by atoms with Gasteiger partial charge in [0.15, 0.2) is 0 Å². The third kappa shape index (κ3) is 6.02. The number of amides is 1. The molecule has 0 saturated carbocycles. The molecule has 0 spiro atoms. The predicted molar refractivity (Wildman–Crippen MR) is 162 cm³/mol. The Hall–Kier alpha value is -4.83. The summed E-state index contributed by atoms with van der Waals surface area (Å²) in [5.74, 6) is 0.903. The van der Waals surface area contributed by atoms with Crippen molar-refractivity contribution < 1.29 is 14.4 Å². The van der Waals surface area contributed by atoms with Crippen LogP contribution in [0.1, 0.15) is 30.4 Å². The van der Waals surface area contributed by atoms with Gasteiger partial charge in [-0.2, -0.15) is 4.98 Å². The quantitative estimate of drug-likeness (QED) is 0.387. The monoisotopic (exact) mass is 551 g/mol. The Labute approximate surface area is 239 Å². The summed E-state index contributed by atoms with van der Waals surface area (Å²) in [6.07, 6.45) is 6.56. The van der Waals surface area contributed by atoms with E-state index in [1.54, 1.807) is 36.2 Å². The Bertz CT molecular complexity index is 1580. The van der Waals surface area contributed by atoms with E-state index >= 15 is 0 Å². The molecule has 41 heavy (non-hydrogen) atoms. The van der Waals surface area contributed by atoms with Crippen LogP contribution in [0.3, 0.4) is 0 Å². The van der Waals surface area contributed by atoms with E-state index in [2.05, 4.69) is 57.3 Å². The largest absolute Gasteiger partial charge is 0.507 e. The van der Waals surface area contributed by atoms with Crippen molar-refractivity contribution in [1.82, 2.24) is 19.9 Å². The second-order valence-electron chi connectivity index (χ2n) is 9.88. The van der Waals surface area contributed by atoms with Gasteiger partial charge in [0.2, 0.25) is 11.7 Å². The lowest BCUT2D eigenvalue weighted by Crippen LogP contribution is -2.41. The fourth-order valence-corrected chi connectivity index (χ4v) is 4.89. The van der Waals surface area contributed by atoms with Gasteiger partial charge in [0.25, 0.3) is 5.91 Å². The number of anilines is 1. The van der Waals surface area contributed by atoms with Crippen molar-refractivity contribution in [2.75, 3.05) is 38.7 Å². The number of aromatic hydroxyl groups is 1. The minimum absolute atomic E-state index is 0.0759. The first-order valence-corrected chi connectivity index (χ1v) is 13.5. The molecule has 10 heteroatoms. The van der Waals surface area contributed by atoms with Crippen LogP contribution in [0.4, 0.5) is 5.69 Å². The summed E-state index contributed by atoms with van der Waals surface area (Å²) in [5.41, 5.74) is 5.42. The summed E-state index contributed by atoms with van der Waals surface area (Å²) < 4.78 is 5.04. The first-order valence-electron chi connectivity index (χ1n) is 13.5. The van der Waals surface area contributed by atoms with Crippen LogP contribution in [0.2, 0.25) is 0 Å². The van der Waals surface area contributed by atoms with Gasteiger partial charge in [-0.05, 0) is 68.6 Å². The van der Waals surface area contributed by atoms with Crippen molar-refractivity contribution in [3.8, 4) is 17.1 Å². The van der Waals surface area contributed by atoms with Crippen molar-refractivity contribution in [3.05, 3.63) is 83.4 Å². The van der Waals surface area contributed by atoms with Crippen LogP contribution in [0.5, 0.6) is 5.75 Å². The molecule has 2 aliphatic rings. The van der Waals surface area contributed by atoms with Crippen molar-refractivity contribution in [2.24, 2.45) is 9.98 Å². The summed E-state index contributed by atoms with van der Waals surface area (Å²) in [6.45, 7) is 9.82. The van der Waals surface area contributed by atoms with Gasteiger partial charge in [-0.15, -0.1) is 0 Å². The minimum Gasteiger partial charge on any atom is -0.507 e. The van der Waals surface area contributed by atoms with Gasteiger partial charge in [0.05, 0.1) is 5.57 Å². The number of nitrogens with one attached hydrogen (secondary N) is 1. The molecule has 3 aromatic rings. The minimum atomic E-state index is -0.276. The average Bonchev–Trinajstić information content (AvgIpc) is 3.41. The number of aryl methyl sites for hydroxylation is 1. The molecule has 1 aromatic heterocycles. The van der Waals surface area contributed by atoms with Gasteiger partial charge >= 0.3 is 0 Å². The number of aromatic nitrogens is 2. The smallest absolute Gasteiger partial charge is 0.260 e. The number of hydrogen-bond donors (Lipinski definition) is 2. The van der Waals surface area contributed by atoms with Crippen molar-refractivity contribution in [2.45, 2.75) is 20.3 Å². The molecule has 2 N–H and O–H groups in total. The number of phenols is 1. The van der Waals surface area contributed by atoms with E-state index in [-0.39, 0.29) is 18.3 Å². The molecule has 5 rings (SSSR count). The van der Waals surface area contributed by atoms with Crippen LogP contribution in [0.15, 0.2) is 80.9 Å². The Kier molecular flexibility index (Phi) is 8.21. The molecule has 0 saturated heterocycles. The van der Waals surface area contributed by atoms with Gasteiger partial charge in [-0.3, -0.25) is 14.7 Å². The van der Waals surface area contributed by atoms with E-state index < -0.39 is 0 Å². The Balaban J connectivity index is 1.36. The van der Waals surface area contributed by atoms with Crippen LogP contribution >= 0.6 is 0 Å². The van der Waals surface area contributed by atoms with E-state index in [0.717, 1.165) is 25.2 Å². The fraction of sp³-hybridized carbons (Fsp3) is 0.258. The van der Waals surface area contributed by atoms with E-state index in [9.17, 15) is 9.90 Å². The van der Waals surface area contributed by atoms with Gasteiger partial charge in [-0.25, -0.2) is 4.99 Å². The van der Waals surface area contributed by atoms with E-state index in [0.29, 0.717) is 46.4 Å². The van der Waals surface area contributed by atoms with Crippen molar-refractivity contribution in [1.29, 1.82) is 0 Å². The molecule has 1 amide bonds. The molecule has 3 heterocycles. The SMILES string of the molecule is C=N/C=C1/C=C(c2ccc(-c3noc(C)n3)cc2O)C(=O)N(CC)/C1=N/CNc1ccc(C2=CCN(C)CC2)cc1. The molecular formula is C31H33N7O3. The summed E-state index contributed by atoms with van der Waals surface area (Å²) in [4.78, 5) is 30.3. The molecular weight excluding hydrogens is 518 g/mol. The highest BCUT2D eigenvalue weighted by atomic mass is 16.5. The number of likely N-dealkylation sites (N-methyl/N-ethyl adjacent to an activating group) is 2. The Morgan fingerprint density at radius 2 is 1.98 bits per heavy atom. The Morgan fingerprint density at radius 3 is 2.61 bits per heavy atom. The van der Waals surface area contributed by atoms with Gasteiger partial charge in [0, 0.05) is 55.1 Å². The molecule has 0 radical (unpaired) electrons. The molecule has 0 fully saturated rings. The Morgan fingerprint density at radius 1 is 1.20 bits per heavy atom. The topological polar surface area (TPSA) is 119 Å². The zero-order valence-corrected chi connectivity index (χ0v) is 23.5. The second-order valence-corrected chi connectivity index (χ2v) is 9.88. The lowest BCUT2D eigenvalue weighted by molar-refractivity contribution is -0.121. The summed E-state index contributed by atoms with van der Waals surface area (Å²) in [6, 6.07) is 13.2. The van der Waals surface area contributed by atoms with Crippen LogP contribution in [-0.2, 0) is 4.79 Å². The third-order valence-electron chi connectivity index (χ3n) is 7.09. The van der Waals surface area contributed by atoms with Crippen molar-refractivity contribution >= 4 is 35.3 Å². The number of carbonyl (C=O) groups is 1. The third-order valence-corrected chi connectivity index (χ3v) is 7.09. The maximum atomic E-state index is 13.6. The number of carbonyl (C=O) groups excluding carboxylic acids is 1. The van der Waals surface area contributed by atoms with E-state index in [4.69, 9.17) is 9.52 Å². The van der Waals surface area contributed by atoms with Crippen LogP contribution in [0, 0.1) is 6.92 Å². The van der Waals surface area contributed by atoms with Crippen LogP contribution < -0.4 is 5.32 Å². The number of aliphatic imine (C=N–C) groups is 2. The molecule has 210 valence electrons. The summed E-state index contributed by atoms with van der Waals surface area (Å²) in [5, 5.41) is 18.1. The van der Waals surface area contributed by atoms with Crippen molar-refractivity contribution in [3.63, 3.8) is 0 Å². The number of amidine groups is 1. The zero-order valence-electron chi connectivity index (χ0n) is 23.5.